The van der Waals surface area contributed by atoms with Crippen molar-refractivity contribution in [1.82, 2.24) is 15.5 Å². The van der Waals surface area contributed by atoms with Gasteiger partial charge in [0.25, 0.3) is 0 Å². The lowest BCUT2D eigenvalue weighted by Crippen LogP contribution is -2.51. The summed E-state index contributed by atoms with van der Waals surface area (Å²) < 4.78 is 18.8. The van der Waals surface area contributed by atoms with Crippen molar-refractivity contribution in [3.8, 4) is 5.75 Å². The number of ether oxygens (including phenoxy) is 1. The minimum absolute atomic E-state index is 0.145. The fourth-order valence-electron chi connectivity index (χ4n) is 3.42. The molecule has 2 rings (SSSR count). The molecule has 1 aliphatic rings. The van der Waals surface area contributed by atoms with Crippen LogP contribution in [0.1, 0.15) is 51.5 Å². The lowest BCUT2D eigenvalue weighted by Gasteiger charge is -2.27. The molecule has 1 atom stereocenters. The quantitative estimate of drug-likeness (QED) is 0.763. The molecule has 1 aromatic carbocycles. The van der Waals surface area contributed by atoms with Crippen molar-refractivity contribution in [2.24, 2.45) is 0 Å². The number of carbonyl (C=O) groups excluding carboxylic acids is 2. The van der Waals surface area contributed by atoms with E-state index in [4.69, 9.17) is 4.74 Å². The minimum atomic E-state index is -0.516. The van der Waals surface area contributed by atoms with Crippen LogP contribution in [0.4, 0.5) is 9.18 Å². The van der Waals surface area contributed by atoms with Crippen molar-refractivity contribution in [1.29, 1.82) is 0 Å². The number of methoxy groups -OCH3 is 1. The van der Waals surface area contributed by atoms with Gasteiger partial charge in [-0.3, -0.25) is 15.0 Å². The van der Waals surface area contributed by atoms with Crippen LogP contribution in [-0.4, -0.2) is 42.6 Å². The van der Waals surface area contributed by atoms with Gasteiger partial charge in [0.2, 0.25) is 5.91 Å². The number of nitrogens with zero attached hydrogens (tertiary/aromatic N) is 1. The molecule has 1 fully saturated rings. The number of nitrogens with one attached hydrogen (secondary N) is 2. The van der Waals surface area contributed by atoms with Crippen molar-refractivity contribution >= 4 is 11.9 Å². The Bertz CT molecular complexity index is 647. The zero-order valence-electron chi connectivity index (χ0n) is 16.4. The molecule has 0 aromatic heterocycles. The highest BCUT2D eigenvalue weighted by Gasteiger charge is 2.23. The van der Waals surface area contributed by atoms with Crippen LogP contribution in [0.5, 0.6) is 5.75 Å². The van der Waals surface area contributed by atoms with Crippen molar-refractivity contribution in [2.45, 2.75) is 64.6 Å². The van der Waals surface area contributed by atoms with Crippen LogP contribution in [0.3, 0.4) is 0 Å². The number of benzene rings is 1. The number of urea groups is 1. The number of imide groups is 1. The summed E-state index contributed by atoms with van der Waals surface area (Å²) in [6.07, 6.45) is 5.34. The van der Waals surface area contributed by atoms with Crippen LogP contribution >= 0.6 is 0 Å². The molecule has 6 nitrogen and oxygen atoms in total. The Kier molecular flexibility index (Phi) is 8.03. The van der Waals surface area contributed by atoms with E-state index in [2.05, 4.69) is 10.6 Å². The zero-order chi connectivity index (χ0) is 19.8. The number of hydrogen-bond donors (Lipinski definition) is 2. The van der Waals surface area contributed by atoms with Crippen molar-refractivity contribution in [3.05, 3.63) is 29.6 Å². The molecule has 0 radical (unpaired) electrons. The van der Waals surface area contributed by atoms with Crippen molar-refractivity contribution in [3.63, 3.8) is 0 Å². The number of halogens is 1. The molecule has 0 aliphatic heterocycles. The third-order valence-electron chi connectivity index (χ3n) is 5.11. The summed E-state index contributed by atoms with van der Waals surface area (Å²) in [6.45, 7) is 4.65. The number of rotatable bonds is 7. The van der Waals surface area contributed by atoms with Crippen LogP contribution in [0.15, 0.2) is 18.2 Å². The van der Waals surface area contributed by atoms with E-state index in [0.717, 1.165) is 31.2 Å². The summed E-state index contributed by atoms with van der Waals surface area (Å²) in [6, 6.07) is 3.93. The first kappa shape index (κ1) is 21.2. The predicted octanol–water partition coefficient (Wildman–Crippen LogP) is 3.20. The average Bonchev–Trinajstić information content (AvgIpc) is 2.66. The Balaban J connectivity index is 1.90. The van der Waals surface area contributed by atoms with Crippen LogP contribution in [0, 0.1) is 5.82 Å². The van der Waals surface area contributed by atoms with Crippen LogP contribution in [0.25, 0.3) is 0 Å². The first-order chi connectivity index (χ1) is 12.9. The van der Waals surface area contributed by atoms with Gasteiger partial charge >= 0.3 is 6.03 Å². The first-order valence-corrected chi connectivity index (χ1v) is 9.62. The molecule has 2 N–H and O–H groups in total. The van der Waals surface area contributed by atoms with E-state index in [1.807, 2.05) is 11.8 Å². The summed E-state index contributed by atoms with van der Waals surface area (Å²) in [4.78, 5) is 26.4. The minimum Gasteiger partial charge on any atom is -0.494 e. The highest BCUT2D eigenvalue weighted by atomic mass is 19.1. The Hall–Kier alpha value is -2.15. The molecule has 0 heterocycles. The lowest BCUT2D eigenvalue weighted by atomic mass is 9.96. The van der Waals surface area contributed by atoms with Crippen molar-refractivity contribution < 1.29 is 18.7 Å². The SMILES string of the molecule is CCN(Cc1ccc(OC)c(F)c1)[C@@H](C)C(=O)NC(=O)NC1CCCCC1. The Morgan fingerprint density at radius 2 is 2.00 bits per heavy atom. The van der Waals surface area contributed by atoms with Gasteiger partial charge in [-0.1, -0.05) is 32.3 Å². The fourth-order valence-corrected chi connectivity index (χ4v) is 3.42. The van der Waals surface area contributed by atoms with Crippen molar-refractivity contribution in [2.75, 3.05) is 13.7 Å². The molecule has 0 spiro atoms. The smallest absolute Gasteiger partial charge is 0.321 e. The summed E-state index contributed by atoms with van der Waals surface area (Å²) in [5.41, 5.74) is 0.737. The highest BCUT2D eigenvalue weighted by molar-refractivity contribution is 5.96. The van der Waals surface area contributed by atoms with E-state index in [-0.39, 0.29) is 17.7 Å². The van der Waals surface area contributed by atoms with E-state index >= 15 is 0 Å². The van der Waals surface area contributed by atoms with E-state index in [0.29, 0.717) is 13.1 Å². The highest BCUT2D eigenvalue weighted by Crippen LogP contribution is 2.19. The third kappa shape index (κ3) is 6.20. The average molecular weight is 379 g/mol. The van der Waals surface area contributed by atoms with Gasteiger partial charge in [0.05, 0.1) is 13.2 Å². The van der Waals surface area contributed by atoms with Gasteiger partial charge in [0.15, 0.2) is 11.6 Å². The van der Waals surface area contributed by atoms with Gasteiger partial charge in [-0.2, -0.15) is 0 Å². The monoisotopic (exact) mass is 379 g/mol. The van der Waals surface area contributed by atoms with E-state index < -0.39 is 17.9 Å². The van der Waals surface area contributed by atoms with Crippen LogP contribution < -0.4 is 15.4 Å². The number of carbonyl (C=O) groups is 2. The summed E-state index contributed by atoms with van der Waals surface area (Å²) in [5, 5.41) is 5.31. The normalized spacial score (nSPS) is 16.0. The van der Waals surface area contributed by atoms with E-state index in [9.17, 15) is 14.0 Å². The molecule has 0 bridgehead atoms. The first-order valence-electron chi connectivity index (χ1n) is 9.62. The number of likely N-dealkylation sites (N-methyl/N-ethyl adjacent to an activating group) is 1. The zero-order valence-corrected chi connectivity index (χ0v) is 16.4. The molecule has 150 valence electrons. The molecule has 1 saturated carbocycles. The molecular weight excluding hydrogens is 349 g/mol. The molecule has 0 saturated heterocycles. The standard InChI is InChI=1S/C20H30FN3O3/c1-4-24(13-15-10-11-18(27-3)17(21)12-15)14(2)19(25)23-20(26)22-16-8-6-5-7-9-16/h10-12,14,16H,4-9,13H2,1-3H3,(H2,22,23,25,26)/t14-/m0/s1. The van der Waals surface area contributed by atoms with E-state index in [1.165, 1.54) is 19.6 Å². The Labute approximate surface area is 160 Å². The van der Waals surface area contributed by atoms with Gasteiger partial charge in [-0.25, -0.2) is 9.18 Å². The number of amides is 3. The maximum absolute atomic E-state index is 13.9. The second-order valence-electron chi connectivity index (χ2n) is 7.01. The molecule has 3 amide bonds. The molecule has 1 aromatic rings. The summed E-state index contributed by atoms with van der Waals surface area (Å²) >= 11 is 0. The molecular formula is C20H30FN3O3. The second-order valence-corrected chi connectivity index (χ2v) is 7.01. The molecule has 0 unspecified atom stereocenters. The summed E-state index contributed by atoms with van der Waals surface area (Å²) in [7, 11) is 1.42. The fraction of sp³-hybridized carbons (Fsp3) is 0.600. The van der Waals surface area contributed by atoms with Gasteiger partial charge in [0.1, 0.15) is 0 Å². The Morgan fingerprint density at radius 1 is 1.30 bits per heavy atom. The lowest BCUT2D eigenvalue weighted by molar-refractivity contribution is -0.124. The predicted molar refractivity (Wildman–Crippen MR) is 102 cm³/mol. The van der Waals surface area contributed by atoms with Gasteiger partial charge in [-0.15, -0.1) is 0 Å². The molecule has 27 heavy (non-hydrogen) atoms. The van der Waals surface area contributed by atoms with E-state index in [1.54, 1.807) is 19.1 Å². The largest absolute Gasteiger partial charge is 0.494 e. The van der Waals surface area contributed by atoms with Crippen LogP contribution in [0.2, 0.25) is 0 Å². The molecule has 1 aliphatic carbocycles. The number of hydrogen-bond acceptors (Lipinski definition) is 4. The maximum atomic E-state index is 13.9. The summed E-state index contributed by atoms with van der Waals surface area (Å²) in [5.74, 6) is -0.610. The van der Waals surface area contributed by atoms with Gasteiger partial charge in [0, 0.05) is 12.6 Å². The second kappa shape index (κ2) is 10.3. The van der Waals surface area contributed by atoms with Gasteiger partial charge < -0.3 is 10.1 Å². The van der Waals surface area contributed by atoms with Crippen LogP contribution in [-0.2, 0) is 11.3 Å². The Morgan fingerprint density at radius 3 is 2.59 bits per heavy atom. The topological polar surface area (TPSA) is 70.7 Å². The molecule has 7 heteroatoms. The maximum Gasteiger partial charge on any atom is 0.321 e. The van der Waals surface area contributed by atoms with Gasteiger partial charge in [-0.05, 0) is 44.0 Å². The third-order valence-corrected chi connectivity index (χ3v) is 5.11.